The average molecular weight is 231 g/mol. The smallest absolute Gasteiger partial charge is 0.219 e. The molecule has 0 aliphatic rings. The van der Waals surface area contributed by atoms with Crippen molar-refractivity contribution in [3.05, 3.63) is 17.6 Å². The fourth-order valence-corrected chi connectivity index (χ4v) is 1.60. The van der Waals surface area contributed by atoms with E-state index in [2.05, 4.69) is 9.97 Å². The second-order valence-corrected chi connectivity index (χ2v) is 3.83. The van der Waals surface area contributed by atoms with Crippen molar-refractivity contribution in [1.82, 2.24) is 9.97 Å². The molecule has 84 valence electrons. The fraction of sp³-hybridized carbons (Fsp3) is 0.600. The number of halogens is 1. The van der Waals surface area contributed by atoms with Gasteiger partial charge in [0.1, 0.15) is 6.33 Å². The first kappa shape index (κ1) is 12.2. The van der Waals surface area contributed by atoms with Crippen LogP contribution < -0.4 is 4.74 Å². The maximum absolute atomic E-state index is 6.06. The zero-order valence-corrected chi connectivity index (χ0v) is 9.91. The van der Waals surface area contributed by atoms with Gasteiger partial charge in [-0.3, -0.25) is 0 Å². The average Bonchev–Trinajstić information content (AvgIpc) is 2.21. The molecule has 1 heterocycles. The van der Waals surface area contributed by atoms with Crippen LogP contribution >= 0.6 is 11.6 Å². The fourth-order valence-electron chi connectivity index (χ4n) is 1.33. The van der Waals surface area contributed by atoms with Crippen molar-refractivity contribution in [2.45, 2.75) is 18.7 Å². The van der Waals surface area contributed by atoms with Gasteiger partial charge in [-0.2, -0.15) is 0 Å². The van der Waals surface area contributed by atoms with Crippen molar-refractivity contribution in [3.63, 3.8) is 0 Å². The van der Waals surface area contributed by atoms with Crippen LogP contribution in [-0.4, -0.2) is 36.2 Å². The summed E-state index contributed by atoms with van der Waals surface area (Å²) in [5.74, 6) is 0.598. The van der Waals surface area contributed by atoms with Crippen LogP contribution in [0.3, 0.4) is 0 Å². The lowest BCUT2D eigenvalue weighted by molar-refractivity contribution is 0.197. The molecule has 0 bridgehead atoms. The maximum Gasteiger partial charge on any atom is 0.219 e. The number of aromatic nitrogens is 2. The van der Waals surface area contributed by atoms with Gasteiger partial charge in [-0.05, 0) is 6.92 Å². The summed E-state index contributed by atoms with van der Waals surface area (Å²) in [5.41, 5.74) is 1.83. The summed E-state index contributed by atoms with van der Waals surface area (Å²) in [4.78, 5) is 8.18. The Labute approximate surface area is 94.6 Å². The van der Waals surface area contributed by atoms with Gasteiger partial charge < -0.3 is 9.47 Å². The molecule has 0 N–H and O–H groups in total. The van der Waals surface area contributed by atoms with E-state index in [0.29, 0.717) is 18.9 Å². The van der Waals surface area contributed by atoms with Crippen LogP contribution in [-0.2, 0) is 11.2 Å². The van der Waals surface area contributed by atoms with Crippen LogP contribution in [0.15, 0.2) is 6.33 Å². The largest absolute Gasteiger partial charge is 0.481 e. The van der Waals surface area contributed by atoms with Gasteiger partial charge in [-0.1, -0.05) is 0 Å². The Morgan fingerprint density at radius 2 is 2.13 bits per heavy atom. The number of hydrogen-bond acceptors (Lipinski definition) is 4. The SMILES string of the molecule is COCC(Cl)Cc1ncnc(OC)c1C. The highest BCUT2D eigenvalue weighted by Crippen LogP contribution is 2.18. The molecule has 1 aromatic heterocycles. The van der Waals surface area contributed by atoms with E-state index in [4.69, 9.17) is 21.1 Å². The zero-order chi connectivity index (χ0) is 11.3. The predicted molar refractivity (Wildman–Crippen MR) is 58.5 cm³/mol. The van der Waals surface area contributed by atoms with Crippen molar-refractivity contribution in [3.8, 4) is 5.88 Å². The lowest BCUT2D eigenvalue weighted by Gasteiger charge is -2.11. The molecule has 15 heavy (non-hydrogen) atoms. The number of hydrogen-bond donors (Lipinski definition) is 0. The minimum absolute atomic E-state index is 0.0756. The van der Waals surface area contributed by atoms with E-state index in [0.717, 1.165) is 11.3 Å². The third-order valence-corrected chi connectivity index (χ3v) is 2.38. The van der Waals surface area contributed by atoms with E-state index < -0.39 is 0 Å². The van der Waals surface area contributed by atoms with Crippen LogP contribution in [0.25, 0.3) is 0 Å². The molecule has 1 unspecified atom stereocenters. The van der Waals surface area contributed by atoms with Crippen molar-refractivity contribution < 1.29 is 9.47 Å². The van der Waals surface area contributed by atoms with Crippen molar-refractivity contribution in [2.75, 3.05) is 20.8 Å². The summed E-state index contributed by atoms with van der Waals surface area (Å²) in [7, 11) is 3.22. The summed E-state index contributed by atoms with van der Waals surface area (Å²) in [6, 6.07) is 0. The molecule has 5 heteroatoms. The van der Waals surface area contributed by atoms with Gasteiger partial charge in [-0.15, -0.1) is 11.6 Å². The van der Waals surface area contributed by atoms with Crippen LogP contribution in [0.5, 0.6) is 5.88 Å². The predicted octanol–water partition coefficient (Wildman–Crippen LogP) is 1.59. The molecule has 0 aromatic carbocycles. The van der Waals surface area contributed by atoms with Crippen LogP contribution in [0.4, 0.5) is 0 Å². The van der Waals surface area contributed by atoms with E-state index in [9.17, 15) is 0 Å². The highest BCUT2D eigenvalue weighted by Gasteiger charge is 2.12. The Kier molecular flexibility index (Phi) is 4.78. The number of alkyl halides is 1. The minimum atomic E-state index is -0.0756. The molecule has 1 aromatic rings. The van der Waals surface area contributed by atoms with Crippen molar-refractivity contribution in [2.24, 2.45) is 0 Å². The van der Waals surface area contributed by atoms with Crippen LogP contribution in [0.2, 0.25) is 0 Å². The monoisotopic (exact) mass is 230 g/mol. The lowest BCUT2D eigenvalue weighted by atomic mass is 10.1. The van der Waals surface area contributed by atoms with Gasteiger partial charge in [0.25, 0.3) is 0 Å². The number of ether oxygens (including phenoxy) is 2. The topological polar surface area (TPSA) is 44.2 Å². The summed E-state index contributed by atoms with van der Waals surface area (Å²) in [6.07, 6.45) is 2.14. The lowest BCUT2D eigenvalue weighted by Crippen LogP contribution is -2.13. The molecule has 0 saturated heterocycles. The van der Waals surface area contributed by atoms with Crippen molar-refractivity contribution >= 4 is 11.6 Å². The second kappa shape index (κ2) is 5.88. The first-order valence-electron chi connectivity index (χ1n) is 4.66. The molecule has 0 saturated carbocycles. The Morgan fingerprint density at radius 1 is 1.40 bits per heavy atom. The third kappa shape index (κ3) is 3.32. The van der Waals surface area contributed by atoms with E-state index in [1.165, 1.54) is 6.33 Å². The Bertz CT molecular complexity index is 320. The summed E-state index contributed by atoms with van der Waals surface area (Å²) < 4.78 is 10.1. The van der Waals surface area contributed by atoms with E-state index >= 15 is 0 Å². The van der Waals surface area contributed by atoms with Gasteiger partial charge in [0.15, 0.2) is 0 Å². The molecule has 0 spiro atoms. The second-order valence-electron chi connectivity index (χ2n) is 3.21. The Hall–Kier alpha value is -0.870. The molecule has 0 amide bonds. The van der Waals surface area contributed by atoms with Gasteiger partial charge in [0.2, 0.25) is 5.88 Å². The van der Waals surface area contributed by atoms with Gasteiger partial charge in [0.05, 0.1) is 24.8 Å². The highest BCUT2D eigenvalue weighted by molar-refractivity contribution is 6.20. The molecule has 1 atom stereocenters. The van der Waals surface area contributed by atoms with Gasteiger partial charge in [-0.25, -0.2) is 9.97 Å². The number of methoxy groups -OCH3 is 2. The maximum atomic E-state index is 6.06. The standard InChI is InChI=1S/C10H15ClN2O2/c1-7-9(4-8(11)5-14-2)12-6-13-10(7)15-3/h6,8H,4-5H2,1-3H3. The molecule has 0 aliphatic heterocycles. The van der Waals surface area contributed by atoms with Crippen molar-refractivity contribution in [1.29, 1.82) is 0 Å². The molecule has 0 aliphatic carbocycles. The third-order valence-electron chi connectivity index (χ3n) is 2.10. The van der Waals surface area contributed by atoms with E-state index in [1.807, 2.05) is 6.92 Å². The Morgan fingerprint density at radius 3 is 2.73 bits per heavy atom. The molecule has 4 nitrogen and oxygen atoms in total. The summed E-state index contributed by atoms with van der Waals surface area (Å²) in [6.45, 7) is 2.43. The molecule has 0 fully saturated rings. The summed E-state index contributed by atoms with van der Waals surface area (Å²) >= 11 is 6.06. The molecular weight excluding hydrogens is 216 g/mol. The molecular formula is C10H15ClN2O2. The normalized spacial score (nSPS) is 12.5. The quantitative estimate of drug-likeness (QED) is 0.721. The first-order valence-corrected chi connectivity index (χ1v) is 5.10. The minimum Gasteiger partial charge on any atom is -0.481 e. The van der Waals surface area contributed by atoms with Crippen LogP contribution in [0.1, 0.15) is 11.3 Å². The van der Waals surface area contributed by atoms with Gasteiger partial charge in [0, 0.05) is 19.1 Å². The number of nitrogens with zero attached hydrogens (tertiary/aromatic N) is 2. The zero-order valence-electron chi connectivity index (χ0n) is 9.16. The first-order chi connectivity index (χ1) is 7.19. The molecule has 1 rings (SSSR count). The van der Waals surface area contributed by atoms with Gasteiger partial charge >= 0.3 is 0 Å². The highest BCUT2D eigenvalue weighted by atomic mass is 35.5. The molecule has 0 radical (unpaired) electrons. The number of rotatable bonds is 5. The Balaban J connectivity index is 2.76. The van der Waals surface area contributed by atoms with Crippen LogP contribution in [0, 0.1) is 6.92 Å². The van der Waals surface area contributed by atoms with E-state index in [1.54, 1.807) is 14.2 Å². The van der Waals surface area contributed by atoms with E-state index in [-0.39, 0.29) is 5.38 Å². The summed E-state index contributed by atoms with van der Waals surface area (Å²) in [5, 5.41) is -0.0756.